The van der Waals surface area contributed by atoms with Gasteiger partial charge in [-0.2, -0.15) is 0 Å². The Balaban J connectivity index is 1.17. The molecule has 1 aliphatic heterocycles. The summed E-state index contributed by atoms with van der Waals surface area (Å²) in [5.41, 5.74) is 2.90. The van der Waals surface area contributed by atoms with Gasteiger partial charge in [-0.3, -0.25) is 29.4 Å². The SMILES string of the molecule is CC(Sc1ccc(NC(=O)/C(=C/c2ccc([N+](=O)[O-])cc2)NC(=O)c2ccccc2)cc1)C(=O)N1c2ccccc2Sc2ccccc21. The molecule has 1 atom stereocenters. The van der Waals surface area contributed by atoms with Crippen LogP contribution in [0.4, 0.5) is 22.7 Å². The number of anilines is 3. The number of nitro benzene ring substituents is 1. The molecule has 1 aliphatic rings. The van der Waals surface area contributed by atoms with Gasteiger partial charge in [0.25, 0.3) is 17.5 Å². The molecule has 3 amide bonds. The Labute approximate surface area is 285 Å². The Morgan fingerprint density at radius 1 is 0.792 bits per heavy atom. The largest absolute Gasteiger partial charge is 0.321 e. The highest BCUT2D eigenvalue weighted by atomic mass is 32.2. The number of nitrogens with one attached hydrogen (secondary N) is 2. The first-order valence-electron chi connectivity index (χ1n) is 14.9. The molecule has 9 nitrogen and oxygen atoms in total. The number of nitro groups is 1. The smallest absolute Gasteiger partial charge is 0.272 e. The topological polar surface area (TPSA) is 122 Å². The number of carbonyl (C=O) groups excluding carboxylic acids is 3. The Bertz CT molecular complexity index is 1990. The summed E-state index contributed by atoms with van der Waals surface area (Å²) in [6.07, 6.45) is 1.45. The first kappa shape index (κ1) is 32.3. The highest BCUT2D eigenvalue weighted by molar-refractivity contribution is 8.00. The average molecular weight is 673 g/mol. The van der Waals surface area contributed by atoms with Gasteiger partial charge in [-0.1, -0.05) is 54.2 Å². The maximum absolute atomic E-state index is 13.9. The van der Waals surface area contributed by atoms with Crippen LogP contribution in [0.1, 0.15) is 22.8 Å². The van der Waals surface area contributed by atoms with E-state index in [0.717, 1.165) is 26.1 Å². The molecule has 1 unspecified atom stereocenters. The number of non-ortho nitro benzene ring substituents is 1. The first-order valence-corrected chi connectivity index (χ1v) is 16.6. The minimum atomic E-state index is -0.582. The molecule has 5 aromatic carbocycles. The molecule has 6 rings (SSSR count). The van der Waals surface area contributed by atoms with Crippen molar-refractivity contribution in [2.24, 2.45) is 0 Å². The fourth-order valence-electron chi connectivity index (χ4n) is 5.00. The highest BCUT2D eigenvalue weighted by Gasteiger charge is 2.31. The van der Waals surface area contributed by atoms with Crippen LogP contribution in [-0.2, 0) is 9.59 Å². The zero-order chi connectivity index (χ0) is 33.6. The average Bonchev–Trinajstić information content (AvgIpc) is 3.11. The third-order valence-corrected chi connectivity index (χ3v) is 9.60. The molecule has 2 N–H and O–H groups in total. The van der Waals surface area contributed by atoms with Gasteiger partial charge in [0.2, 0.25) is 5.91 Å². The van der Waals surface area contributed by atoms with E-state index in [2.05, 4.69) is 10.6 Å². The second-order valence-corrected chi connectivity index (χ2v) is 13.2. The van der Waals surface area contributed by atoms with E-state index in [9.17, 15) is 24.5 Å². The lowest BCUT2D eigenvalue weighted by Gasteiger charge is -2.32. The molecule has 0 aromatic heterocycles. The lowest BCUT2D eigenvalue weighted by atomic mass is 10.1. The molecule has 11 heteroatoms. The van der Waals surface area contributed by atoms with E-state index in [1.165, 1.54) is 42.1 Å². The molecule has 48 heavy (non-hydrogen) atoms. The van der Waals surface area contributed by atoms with Crippen LogP contribution in [0.2, 0.25) is 0 Å². The van der Waals surface area contributed by atoms with Crippen molar-refractivity contribution in [1.82, 2.24) is 5.32 Å². The monoisotopic (exact) mass is 672 g/mol. The van der Waals surface area contributed by atoms with Crippen LogP contribution in [0.5, 0.6) is 0 Å². The molecule has 0 saturated carbocycles. The Morgan fingerprint density at radius 3 is 1.98 bits per heavy atom. The van der Waals surface area contributed by atoms with Gasteiger partial charge >= 0.3 is 0 Å². The third-order valence-electron chi connectivity index (χ3n) is 7.37. The summed E-state index contributed by atoms with van der Waals surface area (Å²) in [5, 5.41) is 16.1. The third kappa shape index (κ3) is 7.33. The summed E-state index contributed by atoms with van der Waals surface area (Å²) in [6, 6.07) is 36.9. The summed E-state index contributed by atoms with van der Waals surface area (Å²) in [4.78, 5) is 55.5. The van der Waals surface area contributed by atoms with Gasteiger partial charge < -0.3 is 10.6 Å². The fraction of sp³-hybridized carbons (Fsp3) is 0.0541. The normalized spacial score (nSPS) is 12.7. The number of hydrogen-bond donors (Lipinski definition) is 2. The Morgan fingerprint density at radius 2 is 1.38 bits per heavy atom. The van der Waals surface area contributed by atoms with Gasteiger partial charge in [-0.25, -0.2) is 0 Å². The van der Waals surface area contributed by atoms with Gasteiger partial charge in [-0.15, -0.1) is 11.8 Å². The maximum Gasteiger partial charge on any atom is 0.272 e. The van der Waals surface area contributed by atoms with E-state index in [0.29, 0.717) is 16.8 Å². The van der Waals surface area contributed by atoms with Crippen molar-refractivity contribution >= 4 is 70.1 Å². The minimum absolute atomic E-state index is 0.0457. The van der Waals surface area contributed by atoms with E-state index in [1.807, 2.05) is 67.6 Å². The molecule has 0 spiro atoms. The Kier molecular flexibility index (Phi) is 9.70. The van der Waals surface area contributed by atoms with E-state index >= 15 is 0 Å². The van der Waals surface area contributed by atoms with Crippen LogP contribution in [0.25, 0.3) is 6.08 Å². The number of carbonyl (C=O) groups is 3. The predicted molar refractivity (Wildman–Crippen MR) is 190 cm³/mol. The molecule has 1 heterocycles. The first-order chi connectivity index (χ1) is 23.3. The van der Waals surface area contributed by atoms with Gasteiger partial charge in [0.15, 0.2) is 0 Å². The van der Waals surface area contributed by atoms with Crippen molar-refractivity contribution in [2.75, 3.05) is 10.2 Å². The molecule has 5 aromatic rings. The summed E-state index contributed by atoms with van der Waals surface area (Å²) in [7, 11) is 0. The number of amides is 3. The molecule has 0 fully saturated rings. The number of rotatable bonds is 9. The molecular formula is C37H28N4O5S2. The number of fused-ring (bicyclic) bond motifs is 2. The summed E-state index contributed by atoms with van der Waals surface area (Å²) < 4.78 is 0. The van der Waals surface area contributed by atoms with E-state index in [-0.39, 0.29) is 17.3 Å². The maximum atomic E-state index is 13.9. The predicted octanol–water partition coefficient (Wildman–Crippen LogP) is 8.31. The van der Waals surface area contributed by atoms with Crippen molar-refractivity contribution in [2.45, 2.75) is 26.9 Å². The highest BCUT2D eigenvalue weighted by Crippen LogP contribution is 2.48. The Hall–Kier alpha value is -5.65. The van der Waals surface area contributed by atoms with Crippen LogP contribution < -0.4 is 15.5 Å². The zero-order valence-electron chi connectivity index (χ0n) is 25.5. The van der Waals surface area contributed by atoms with Gasteiger partial charge in [0, 0.05) is 38.1 Å². The van der Waals surface area contributed by atoms with Crippen LogP contribution >= 0.6 is 23.5 Å². The molecule has 0 radical (unpaired) electrons. The number of para-hydroxylation sites is 2. The van der Waals surface area contributed by atoms with Crippen molar-refractivity contribution in [3.05, 3.63) is 154 Å². The number of nitrogens with zero attached hydrogens (tertiary/aromatic N) is 2. The standard InChI is InChI=1S/C37H28N4O5S2/c1-24(37(44)40-31-11-5-7-13-33(31)48-34-14-8-6-12-32(34)40)47-29-21-17-27(18-22-29)38-36(43)30(39-35(42)26-9-3-2-4-10-26)23-25-15-19-28(20-16-25)41(45)46/h2-24H,1H3,(H,38,43)(H,39,42)/b30-23-. The van der Waals surface area contributed by atoms with Gasteiger partial charge in [-0.05, 0) is 91.4 Å². The second kappa shape index (κ2) is 14.4. The molecular weight excluding hydrogens is 645 g/mol. The molecule has 238 valence electrons. The van der Waals surface area contributed by atoms with Gasteiger partial charge in [0.05, 0.1) is 21.5 Å². The van der Waals surface area contributed by atoms with Crippen LogP contribution in [0.15, 0.2) is 148 Å². The van der Waals surface area contributed by atoms with Crippen LogP contribution in [0.3, 0.4) is 0 Å². The van der Waals surface area contributed by atoms with E-state index in [4.69, 9.17) is 0 Å². The minimum Gasteiger partial charge on any atom is -0.321 e. The van der Waals surface area contributed by atoms with Crippen molar-refractivity contribution in [3.63, 3.8) is 0 Å². The summed E-state index contributed by atoms with van der Waals surface area (Å²) in [5.74, 6) is -1.11. The quantitative estimate of drug-likeness (QED) is 0.0699. The second-order valence-electron chi connectivity index (χ2n) is 10.7. The van der Waals surface area contributed by atoms with Crippen molar-refractivity contribution < 1.29 is 19.3 Å². The molecule has 0 aliphatic carbocycles. The van der Waals surface area contributed by atoms with E-state index < -0.39 is 22.0 Å². The lowest BCUT2D eigenvalue weighted by molar-refractivity contribution is -0.384. The van der Waals surface area contributed by atoms with Crippen molar-refractivity contribution in [1.29, 1.82) is 0 Å². The number of thioether (sulfide) groups is 1. The molecule has 0 bridgehead atoms. The van der Waals surface area contributed by atoms with Crippen LogP contribution in [-0.4, -0.2) is 27.9 Å². The summed E-state index contributed by atoms with van der Waals surface area (Å²) in [6.45, 7) is 1.88. The van der Waals surface area contributed by atoms with Gasteiger partial charge in [0.1, 0.15) is 5.70 Å². The number of benzene rings is 5. The summed E-state index contributed by atoms with van der Waals surface area (Å²) >= 11 is 3.06. The van der Waals surface area contributed by atoms with Crippen LogP contribution in [0, 0.1) is 10.1 Å². The van der Waals surface area contributed by atoms with E-state index in [1.54, 1.807) is 59.1 Å². The molecule has 0 saturated heterocycles. The lowest BCUT2D eigenvalue weighted by Crippen LogP contribution is -2.34. The zero-order valence-corrected chi connectivity index (χ0v) is 27.2. The van der Waals surface area contributed by atoms with Crippen molar-refractivity contribution in [3.8, 4) is 0 Å². The number of hydrogen-bond acceptors (Lipinski definition) is 7. The fourth-order valence-corrected chi connectivity index (χ4v) is 6.96.